The van der Waals surface area contributed by atoms with Crippen molar-refractivity contribution in [3.05, 3.63) is 0 Å². The maximum absolute atomic E-state index is 5.53. The largest absolute Gasteiger partial charge is 0.380 e. The lowest BCUT2D eigenvalue weighted by molar-refractivity contribution is 0.131. The molecule has 2 heteroatoms. The van der Waals surface area contributed by atoms with E-state index >= 15 is 0 Å². The molecule has 0 aromatic carbocycles. The predicted octanol–water partition coefficient (Wildman–Crippen LogP) is 2.73. The maximum atomic E-state index is 5.53. The van der Waals surface area contributed by atoms with E-state index < -0.39 is 0 Å². The van der Waals surface area contributed by atoms with Crippen LogP contribution in [0.4, 0.5) is 0 Å². The number of ether oxygens (including phenoxy) is 1. The van der Waals surface area contributed by atoms with E-state index in [1.54, 1.807) is 0 Å². The molecule has 2 nitrogen and oxygen atoms in total. The number of rotatable bonds is 10. The zero-order valence-corrected chi connectivity index (χ0v) is 9.56. The maximum Gasteiger partial charge on any atom is 0.0590 e. The highest BCUT2D eigenvalue weighted by atomic mass is 16.5. The number of hydrogen-bond acceptors (Lipinski definition) is 2. The van der Waals surface area contributed by atoms with Crippen LogP contribution in [0.5, 0.6) is 0 Å². The second kappa shape index (κ2) is 8.25. The third kappa shape index (κ3) is 7.34. The average Bonchev–Trinajstić information content (AvgIpc) is 2.99. The number of hydrogen-bond donors (Lipinski definition) is 1. The van der Waals surface area contributed by atoms with Crippen LogP contribution >= 0.6 is 0 Å². The molecule has 14 heavy (non-hydrogen) atoms. The van der Waals surface area contributed by atoms with Crippen molar-refractivity contribution in [3.63, 3.8) is 0 Å². The van der Waals surface area contributed by atoms with E-state index in [4.69, 9.17) is 4.74 Å². The van der Waals surface area contributed by atoms with Gasteiger partial charge in [0.2, 0.25) is 0 Å². The summed E-state index contributed by atoms with van der Waals surface area (Å²) in [5.74, 6) is 0. The Bertz CT molecular complexity index is 123. The fourth-order valence-corrected chi connectivity index (χ4v) is 1.53. The SMILES string of the molecule is CCCCCCCOCCNC1CC1. The molecule has 0 spiro atoms. The first-order chi connectivity index (χ1) is 6.93. The van der Waals surface area contributed by atoms with Gasteiger partial charge in [-0.1, -0.05) is 32.6 Å². The first-order valence-corrected chi connectivity index (χ1v) is 6.24. The third-order valence-electron chi connectivity index (χ3n) is 2.65. The highest BCUT2D eigenvalue weighted by Gasteiger charge is 2.19. The quantitative estimate of drug-likeness (QED) is 0.546. The molecule has 1 saturated carbocycles. The molecule has 0 unspecified atom stereocenters. The Morgan fingerprint density at radius 1 is 1.07 bits per heavy atom. The molecule has 0 aliphatic heterocycles. The summed E-state index contributed by atoms with van der Waals surface area (Å²) >= 11 is 0. The molecule has 0 radical (unpaired) electrons. The molecule has 1 rings (SSSR count). The number of unbranched alkanes of at least 4 members (excludes halogenated alkanes) is 4. The predicted molar refractivity (Wildman–Crippen MR) is 60.6 cm³/mol. The zero-order chi connectivity index (χ0) is 10.1. The van der Waals surface area contributed by atoms with Crippen LogP contribution in [0.3, 0.4) is 0 Å². The van der Waals surface area contributed by atoms with E-state index in [0.29, 0.717) is 0 Å². The lowest BCUT2D eigenvalue weighted by Gasteiger charge is -2.04. The highest BCUT2D eigenvalue weighted by Crippen LogP contribution is 2.17. The van der Waals surface area contributed by atoms with Gasteiger partial charge in [-0.3, -0.25) is 0 Å². The molecule has 1 aliphatic carbocycles. The first-order valence-electron chi connectivity index (χ1n) is 6.24. The van der Waals surface area contributed by atoms with Crippen molar-refractivity contribution in [2.24, 2.45) is 0 Å². The summed E-state index contributed by atoms with van der Waals surface area (Å²) in [6.45, 7) is 5.14. The van der Waals surface area contributed by atoms with E-state index in [0.717, 1.165) is 25.8 Å². The molecule has 0 bridgehead atoms. The normalized spacial score (nSPS) is 16.1. The molecule has 84 valence electrons. The van der Waals surface area contributed by atoms with E-state index in [1.165, 1.54) is 44.9 Å². The number of nitrogens with one attached hydrogen (secondary N) is 1. The summed E-state index contributed by atoms with van der Waals surface area (Å²) < 4.78 is 5.53. The molecule has 0 amide bonds. The monoisotopic (exact) mass is 199 g/mol. The van der Waals surface area contributed by atoms with Crippen LogP contribution in [0.1, 0.15) is 51.9 Å². The highest BCUT2D eigenvalue weighted by molar-refractivity contribution is 4.80. The summed E-state index contributed by atoms with van der Waals surface area (Å²) in [7, 11) is 0. The Hall–Kier alpha value is -0.0800. The van der Waals surface area contributed by atoms with Crippen LogP contribution in [0.15, 0.2) is 0 Å². The fourth-order valence-electron chi connectivity index (χ4n) is 1.53. The van der Waals surface area contributed by atoms with Gasteiger partial charge in [0, 0.05) is 19.2 Å². The molecular weight excluding hydrogens is 174 g/mol. The Morgan fingerprint density at radius 3 is 2.57 bits per heavy atom. The Kier molecular flexibility index (Phi) is 7.06. The molecular formula is C12H25NO. The fraction of sp³-hybridized carbons (Fsp3) is 1.00. The van der Waals surface area contributed by atoms with Gasteiger partial charge in [-0.25, -0.2) is 0 Å². The van der Waals surface area contributed by atoms with Crippen LogP contribution in [0.2, 0.25) is 0 Å². The van der Waals surface area contributed by atoms with Gasteiger partial charge in [0.15, 0.2) is 0 Å². The van der Waals surface area contributed by atoms with Crippen LogP contribution < -0.4 is 5.32 Å². The summed E-state index contributed by atoms with van der Waals surface area (Å²) in [4.78, 5) is 0. The van der Waals surface area contributed by atoms with Crippen molar-refractivity contribution in [1.82, 2.24) is 5.32 Å². The molecule has 0 atom stereocenters. The smallest absolute Gasteiger partial charge is 0.0590 e. The minimum absolute atomic E-state index is 0.822. The molecule has 0 saturated heterocycles. The van der Waals surface area contributed by atoms with Gasteiger partial charge in [0.25, 0.3) is 0 Å². The van der Waals surface area contributed by atoms with E-state index in [-0.39, 0.29) is 0 Å². The van der Waals surface area contributed by atoms with Crippen molar-refractivity contribution < 1.29 is 4.74 Å². The average molecular weight is 199 g/mol. The van der Waals surface area contributed by atoms with Crippen LogP contribution in [0.25, 0.3) is 0 Å². The Morgan fingerprint density at radius 2 is 1.86 bits per heavy atom. The minimum Gasteiger partial charge on any atom is -0.380 e. The summed E-state index contributed by atoms with van der Waals surface area (Å²) in [6.07, 6.45) is 9.40. The van der Waals surface area contributed by atoms with Gasteiger partial charge in [0.1, 0.15) is 0 Å². The van der Waals surface area contributed by atoms with Gasteiger partial charge < -0.3 is 10.1 Å². The second-order valence-electron chi connectivity index (χ2n) is 4.25. The van der Waals surface area contributed by atoms with Crippen molar-refractivity contribution in [2.45, 2.75) is 57.9 Å². The van der Waals surface area contributed by atoms with Gasteiger partial charge in [-0.05, 0) is 19.3 Å². The third-order valence-corrected chi connectivity index (χ3v) is 2.65. The molecule has 0 heterocycles. The van der Waals surface area contributed by atoms with Crippen LogP contribution in [-0.2, 0) is 4.74 Å². The minimum atomic E-state index is 0.822. The Labute approximate surface area is 88.4 Å². The van der Waals surface area contributed by atoms with Crippen molar-refractivity contribution >= 4 is 0 Å². The second-order valence-corrected chi connectivity index (χ2v) is 4.25. The van der Waals surface area contributed by atoms with Crippen molar-refractivity contribution in [3.8, 4) is 0 Å². The Balaban J connectivity index is 1.63. The topological polar surface area (TPSA) is 21.3 Å². The van der Waals surface area contributed by atoms with E-state index in [1.807, 2.05) is 0 Å². The lowest BCUT2D eigenvalue weighted by atomic mass is 10.2. The summed E-state index contributed by atoms with van der Waals surface area (Å²) in [6, 6.07) is 0.822. The molecule has 0 aromatic heterocycles. The molecule has 0 aromatic rings. The van der Waals surface area contributed by atoms with Gasteiger partial charge in [-0.2, -0.15) is 0 Å². The van der Waals surface area contributed by atoms with Crippen molar-refractivity contribution in [2.75, 3.05) is 19.8 Å². The van der Waals surface area contributed by atoms with Gasteiger partial charge >= 0.3 is 0 Å². The van der Waals surface area contributed by atoms with Crippen LogP contribution in [-0.4, -0.2) is 25.8 Å². The van der Waals surface area contributed by atoms with Gasteiger partial charge in [0.05, 0.1) is 6.61 Å². The summed E-state index contributed by atoms with van der Waals surface area (Å²) in [5.41, 5.74) is 0. The lowest BCUT2D eigenvalue weighted by Crippen LogP contribution is -2.21. The molecule has 1 fully saturated rings. The molecule has 1 aliphatic rings. The van der Waals surface area contributed by atoms with Gasteiger partial charge in [-0.15, -0.1) is 0 Å². The van der Waals surface area contributed by atoms with Crippen molar-refractivity contribution in [1.29, 1.82) is 0 Å². The first kappa shape index (κ1) is 12.0. The zero-order valence-electron chi connectivity index (χ0n) is 9.56. The standard InChI is InChI=1S/C12H25NO/c1-2-3-4-5-6-10-14-11-9-13-12-7-8-12/h12-13H,2-11H2,1H3. The van der Waals surface area contributed by atoms with E-state index in [2.05, 4.69) is 12.2 Å². The molecule has 1 N–H and O–H groups in total. The van der Waals surface area contributed by atoms with E-state index in [9.17, 15) is 0 Å². The summed E-state index contributed by atoms with van der Waals surface area (Å²) in [5, 5.41) is 3.44. The van der Waals surface area contributed by atoms with Crippen LogP contribution in [0, 0.1) is 0 Å².